The number of benzene rings is 2. The van der Waals surface area contributed by atoms with Gasteiger partial charge in [0, 0.05) is 42.6 Å². The third-order valence-corrected chi connectivity index (χ3v) is 4.42. The van der Waals surface area contributed by atoms with Crippen LogP contribution < -0.4 is 10.2 Å². The highest BCUT2D eigenvalue weighted by molar-refractivity contribution is 6.31. The molecule has 1 N–H and O–H groups in total. The van der Waals surface area contributed by atoms with Crippen molar-refractivity contribution in [1.82, 2.24) is 4.90 Å². The first-order valence-corrected chi connectivity index (χ1v) is 8.23. The van der Waals surface area contributed by atoms with Crippen LogP contribution in [0.5, 0.6) is 0 Å². The number of anilines is 2. The number of carbonyl (C=O) groups is 1. The molecule has 24 heavy (non-hydrogen) atoms. The Hall–Kier alpha value is -2.27. The summed E-state index contributed by atoms with van der Waals surface area (Å²) in [6.45, 7) is 4.44. The van der Waals surface area contributed by atoms with Crippen LogP contribution in [0.1, 0.15) is 5.56 Å². The fraction of sp³-hybridized carbons (Fsp3) is 0.278. The van der Waals surface area contributed by atoms with E-state index in [1.165, 1.54) is 12.1 Å². The summed E-state index contributed by atoms with van der Waals surface area (Å²) in [5, 5.41) is 3.50. The molecule has 0 spiro atoms. The molecule has 0 aliphatic carbocycles. The Labute approximate surface area is 145 Å². The summed E-state index contributed by atoms with van der Waals surface area (Å²) in [6, 6.07) is 11.8. The molecule has 1 fully saturated rings. The smallest absolute Gasteiger partial charge is 0.321 e. The Morgan fingerprint density at radius 1 is 1.12 bits per heavy atom. The van der Waals surface area contributed by atoms with E-state index in [0.29, 0.717) is 31.2 Å². The lowest BCUT2D eigenvalue weighted by atomic mass is 10.2. The van der Waals surface area contributed by atoms with Crippen molar-refractivity contribution in [2.75, 3.05) is 36.4 Å². The predicted molar refractivity (Wildman–Crippen MR) is 95.4 cm³/mol. The monoisotopic (exact) mass is 347 g/mol. The number of rotatable bonds is 2. The lowest BCUT2D eigenvalue weighted by molar-refractivity contribution is 0.208. The van der Waals surface area contributed by atoms with Gasteiger partial charge in [0.05, 0.1) is 0 Å². The zero-order valence-electron chi connectivity index (χ0n) is 13.4. The second kappa shape index (κ2) is 7.09. The van der Waals surface area contributed by atoms with Gasteiger partial charge >= 0.3 is 6.03 Å². The Bertz CT molecular complexity index is 745. The summed E-state index contributed by atoms with van der Waals surface area (Å²) in [4.78, 5) is 16.3. The van der Waals surface area contributed by atoms with Gasteiger partial charge in [-0.25, -0.2) is 9.18 Å². The van der Waals surface area contributed by atoms with Crippen molar-refractivity contribution >= 4 is 29.0 Å². The molecule has 2 aromatic rings. The van der Waals surface area contributed by atoms with Gasteiger partial charge in [0.1, 0.15) is 5.82 Å². The highest BCUT2D eigenvalue weighted by Crippen LogP contribution is 2.21. The van der Waals surface area contributed by atoms with E-state index >= 15 is 0 Å². The lowest BCUT2D eigenvalue weighted by Crippen LogP contribution is -2.50. The molecule has 0 unspecified atom stereocenters. The van der Waals surface area contributed by atoms with E-state index in [0.717, 1.165) is 16.9 Å². The largest absolute Gasteiger partial charge is 0.368 e. The number of nitrogens with zero attached hydrogens (tertiary/aromatic N) is 2. The van der Waals surface area contributed by atoms with Crippen LogP contribution in [0.3, 0.4) is 0 Å². The molecule has 0 radical (unpaired) electrons. The highest BCUT2D eigenvalue weighted by atomic mass is 35.5. The maximum Gasteiger partial charge on any atom is 0.321 e. The van der Waals surface area contributed by atoms with Crippen molar-refractivity contribution in [3.63, 3.8) is 0 Å². The average molecular weight is 348 g/mol. The zero-order valence-corrected chi connectivity index (χ0v) is 14.2. The molecule has 0 bridgehead atoms. The third kappa shape index (κ3) is 3.79. The molecular formula is C18H19ClFN3O. The summed E-state index contributed by atoms with van der Waals surface area (Å²) >= 11 is 5.98. The first-order valence-electron chi connectivity index (χ1n) is 7.85. The predicted octanol–water partition coefficient (Wildman–Crippen LogP) is 4.14. The van der Waals surface area contributed by atoms with Crippen molar-refractivity contribution in [3.8, 4) is 0 Å². The van der Waals surface area contributed by atoms with Crippen LogP contribution in [-0.2, 0) is 0 Å². The molecule has 1 saturated heterocycles. The number of nitrogens with one attached hydrogen (secondary N) is 1. The van der Waals surface area contributed by atoms with E-state index < -0.39 is 0 Å². The van der Waals surface area contributed by atoms with Gasteiger partial charge in [-0.1, -0.05) is 23.7 Å². The van der Waals surface area contributed by atoms with Gasteiger partial charge in [0.15, 0.2) is 0 Å². The van der Waals surface area contributed by atoms with Crippen LogP contribution >= 0.6 is 11.6 Å². The number of amides is 2. The first-order chi connectivity index (χ1) is 11.5. The van der Waals surface area contributed by atoms with Gasteiger partial charge < -0.3 is 15.1 Å². The SMILES string of the molecule is Cc1ccc(Cl)cc1NC(=O)N1CCN(c2cccc(F)c2)CC1. The van der Waals surface area contributed by atoms with E-state index in [-0.39, 0.29) is 11.8 Å². The maximum absolute atomic E-state index is 13.3. The number of hydrogen-bond acceptors (Lipinski definition) is 2. The lowest BCUT2D eigenvalue weighted by Gasteiger charge is -2.36. The summed E-state index contributed by atoms with van der Waals surface area (Å²) in [6.07, 6.45) is 0. The zero-order chi connectivity index (χ0) is 17.1. The number of hydrogen-bond donors (Lipinski definition) is 1. The summed E-state index contributed by atoms with van der Waals surface area (Å²) < 4.78 is 13.3. The Morgan fingerprint density at radius 3 is 2.58 bits per heavy atom. The molecule has 0 atom stereocenters. The van der Waals surface area contributed by atoms with Crippen LogP contribution in [-0.4, -0.2) is 37.1 Å². The van der Waals surface area contributed by atoms with Crippen LogP contribution in [0.4, 0.5) is 20.6 Å². The van der Waals surface area contributed by atoms with Crippen molar-refractivity contribution in [1.29, 1.82) is 0 Å². The molecule has 1 aliphatic heterocycles. The van der Waals surface area contributed by atoms with E-state index in [1.807, 2.05) is 19.1 Å². The van der Waals surface area contributed by atoms with Crippen molar-refractivity contribution < 1.29 is 9.18 Å². The fourth-order valence-electron chi connectivity index (χ4n) is 2.76. The van der Waals surface area contributed by atoms with Crippen LogP contribution in [0.2, 0.25) is 5.02 Å². The second-order valence-corrected chi connectivity index (χ2v) is 6.28. The van der Waals surface area contributed by atoms with E-state index in [2.05, 4.69) is 10.2 Å². The minimum absolute atomic E-state index is 0.140. The molecule has 0 aromatic heterocycles. The van der Waals surface area contributed by atoms with Crippen molar-refractivity contribution in [2.24, 2.45) is 0 Å². The summed E-state index contributed by atoms with van der Waals surface area (Å²) in [7, 11) is 0. The normalized spacial score (nSPS) is 14.6. The Kier molecular flexibility index (Phi) is 4.90. The molecule has 2 amide bonds. The van der Waals surface area contributed by atoms with Gasteiger partial charge in [0.2, 0.25) is 0 Å². The summed E-state index contributed by atoms with van der Waals surface area (Å²) in [5.74, 6) is -0.246. The number of halogens is 2. The minimum atomic E-state index is -0.246. The highest BCUT2D eigenvalue weighted by Gasteiger charge is 2.22. The van der Waals surface area contributed by atoms with E-state index in [9.17, 15) is 9.18 Å². The summed E-state index contributed by atoms with van der Waals surface area (Å²) in [5.41, 5.74) is 2.53. The fourth-order valence-corrected chi connectivity index (χ4v) is 2.94. The average Bonchev–Trinajstić information content (AvgIpc) is 2.58. The molecule has 1 heterocycles. The number of aryl methyl sites for hydroxylation is 1. The van der Waals surface area contributed by atoms with Crippen molar-refractivity contribution in [2.45, 2.75) is 6.92 Å². The van der Waals surface area contributed by atoms with Crippen LogP contribution in [0.25, 0.3) is 0 Å². The van der Waals surface area contributed by atoms with E-state index in [4.69, 9.17) is 11.6 Å². The molecule has 3 rings (SSSR count). The second-order valence-electron chi connectivity index (χ2n) is 5.84. The van der Waals surface area contributed by atoms with Crippen LogP contribution in [0, 0.1) is 12.7 Å². The number of urea groups is 1. The van der Waals surface area contributed by atoms with E-state index in [1.54, 1.807) is 23.1 Å². The van der Waals surface area contributed by atoms with Gasteiger partial charge in [-0.15, -0.1) is 0 Å². The molecule has 1 aliphatic rings. The number of carbonyl (C=O) groups excluding carboxylic acids is 1. The molecule has 6 heteroatoms. The quantitative estimate of drug-likeness (QED) is 0.886. The van der Waals surface area contributed by atoms with Gasteiger partial charge in [-0.3, -0.25) is 0 Å². The molecule has 4 nitrogen and oxygen atoms in total. The molecule has 0 saturated carbocycles. The van der Waals surface area contributed by atoms with Crippen LogP contribution in [0.15, 0.2) is 42.5 Å². The Morgan fingerprint density at radius 2 is 1.88 bits per heavy atom. The molecular weight excluding hydrogens is 329 g/mol. The van der Waals surface area contributed by atoms with Gasteiger partial charge in [-0.2, -0.15) is 0 Å². The van der Waals surface area contributed by atoms with Crippen molar-refractivity contribution in [3.05, 3.63) is 58.9 Å². The molecule has 2 aromatic carbocycles. The Balaban J connectivity index is 1.60. The van der Waals surface area contributed by atoms with Gasteiger partial charge in [-0.05, 0) is 42.8 Å². The van der Waals surface area contributed by atoms with Gasteiger partial charge in [0.25, 0.3) is 0 Å². The third-order valence-electron chi connectivity index (χ3n) is 4.18. The minimum Gasteiger partial charge on any atom is -0.368 e. The standard InChI is InChI=1S/C18H19ClFN3O/c1-13-5-6-14(19)11-17(13)21-18(24)23-9-7-22(8-10-23)16-4-2-3-15(20)12-16/h2-6,11-12H,7-10H2,1H3,(H,21,24). The number of piperazine rings is 1. The maximum atomic E-state index is 13.3. The molecule has 126 valence electrons. The first kappa shape index (κ1) is 16.6. The topological polar surface area (TPSA) is 35.6 Å².